The lowest BCUT2D eigenvalue weighted by atomic mass is 10.2. The van der Waals surface area contributed by atoms with Gasteiger partial charge in [0.25, 0.3) is 0 Å². The van der Waals surface area contributed by atoms with Crippen LogP contribution in [0.4, 0.5) is 9.18 Å². The van der Waals surface area contributed by atoms with E-state index in [0.29, 0.717) is 5.56 Å². The fourth-order valence-corrected chi connectivity index (χ4v) is 1.55. The second-order valence-corrected chi connectivity index (χ2v) is 4.24. The largest absolute Gasteiger partial charge is 0.480 e. The van der Waals surface area contributed by atoms with Gasteiger partial charge in [0, 0.05) is 26.3 Å². The zero-order valence-electron chi connectivity index (χ0n) is 11.3. The van der Waals surface area contributed by atoms with Crippen molar-refractivity contribution in [2.24, 2.45) is 0 Å². The van der Waals surface area contributed by atoms with Gasteiger partial charge in [-0.2, -0.15) is 0 Å². The molecule has 1 rings (SSSR count). The highest BCUT2D eigenvalue weighted by atomic mass is 19.1. The molecule has 20 heavy (non-hydrogen) atoms. The minimum atomic E-state index is -1.19. The molecule has 0 bridgehead atoms. The van der Waals surface area contributed by atoms with Gasteiger partial charge >= 0.3 is 12.0 Å². The lowest BCUT2D eigenvalue weighted by Gasteiger charge is -2.21. The van der Waals surface area contributed by atoms with Gasteiger partial charge in [-0.3, -0.25) is 0 Å². The molecule has 6 nitrogen and oxygen atoms in total. The Balaban J connectivity index is 2.63. The van der Waals surface area contributed by atoms with Gasteiger partial charge in [-0.15, -0.1) is 0 Å². The van der Waals surface area contributed by atoms with E-state index in [9.17, 15) is 14.0 Å². The number of rotatable bonds is 6. The molecule has 0 aliphatic rings. The summed E-state index contributed by atoms with van der Waals surface area (Å²) in [6.45, 7) is -0.105. The van der Waals surface area contributed by atoms with Crippen LogP contribution in [0.3, 0.4) is 0 Å². The van der Waals surface area contributed by atoms with Crippen LogP contribution in [0, 0.1) is 5.82 Å². The van der Waals surface area contributed by atoms with Crippen molar-refractivity contribution in [3.63, 3.8) is 0 Å². The predicted octanol–water partition coefficient (Wildman–Crippen LogP) is 1.07. The summed E-state index contributed by atoms with van der Waals surface area (Å²) in [4.78, 5) is 23.9. The number of methoxy groups -OCH3 is 1. The number of nitrogens with one attached hydrogen (secondary N) is 1. The first-order valence-corrected chi connectivity index (χ1v) is 5.92. The Labute approximate surface area is 116 Å². The fourth-order valence-electron chi connectivity index (χ4n) is 1.55. The third-order valence-corrected chi connectivity index (χ3v) is 2.64. The zero-order chi connectivity index (χ0) is 15.1. The summed E-state index contributed by atoms with van der Waals surface area (Å²) >= 11 is 0. The minimum absolute atomic E-state index is 0.0395. The number of hydrogen-bond acceptors (Lipinski definition) is 3. The van der Waals surface area contributed by atoms with E-state index in [-0.39, 0.29) is 13.2 Å². The number of carboxylic acids is 1. The minimum Gasteiger partial charge on any atom is -0.480 e. The van der Waals surface area contributed by atoms with Crippen molar-refractivity contribution in [2.45, 2.75) is 12.6 Å². The summed E-state index contributed by atoms with van der Waals surface area (Å²) < 4.78 is 18.2. The number of ether oxygens (including phenoxy) is 1. The van der Waals surface area contributed by atoms with E-state index < -0.39 is 23.9 Å². The van der Waals surface area contributed by atoms with Crippen molar-refractivity contribution in [1.82, 2.24) is 10.2 Å². The number of benzene rings is 1. The number of nitrogens with zero attached hydrogens (tertiary/aromatic N) is 1. The Kier molecular flexibility index (Phi) is 5.92. The quantitative estimate of drug-likeness (QED) is 0.819. The van der Waals surface area contributed by atoms with Gasteiger partial charge in [0.05, 0.1) is 6.61 Å². The third kappa shape index (κ3) is 4.51. The van der Waals surface area contributed by atoms with Crippen molar-refractivity contribution >= 4 is 12.0 Å². The Morgan fingerprint density at radius 1 is 1.45 bits per heavy atom. The first-order valence-electron chi connectivity index (χ1n) is 5.92. The van der Waals surface area contributed by atoms with E-state index in [0.717, 1.165) is 0 Å². The number of hydrogen-bond donors (Lipinski definition) is 2. The summed E-state index contributed by atoms with van der Waals surface area (Å²) in [7, 11) is 2.79. The van der Waals surface area contributed by atoms with Crippen LogP contribution in [0.5, 0.6) is 0 Å². The number of carbonyl (C=O) groups is 2. The molecular weight excluding hydrogens is 267 g/mol. The van der Waals surface area contributed by atoms with Crippen LogP contribution in [0.1, 0.15) is 5.56 Å². The normalized spacial score (nSPS) is 11.8. The average molecular weight is 284 g/mol. The molecule has 2 N–H and O–H groups in total. The molecule has 1 aromatic carbocycles. The highest BCUT2D eigenvalue weighted by molar-refractivity contribution is 5.82. The van der Waals surface area contributed by atoms with Gasteiger partial charge in [0.1, 0.15) is 5.82 Å². The topological polar surface area (TPSA) is 78.9 Å². The van der Waals surface area contributed by atoms with Crippen LogP contribution in [-0.4, -0.2) is 48.8 Å². The zero-order valence-corrected chi connectivity index (χ0v) is 11.3. The molecule has 110 valence electrons. The molecule has 0 fully saturated rings. The standard InChI is InChI=1S/C13H17FN2O4/c1-16(7-9-5-3-4-6-10(9)14)13(19)15-11(8-20-2)12(17)18/h3-6,11H,7-8H2,1-2H3,(H,15,19)(H,17,18). The van der Waals surface area contributed by atoms with Crippen molar-refractivity contribution in [3.05, 3.63) is 35.6 Å². The van der Waals surface area contributed by atoms with Gasteiger partial charge in [-0.25, -0.2) is 14.0 Å². The second-order valence-electron chi connectivity index (χ2n) is 4.24. The molecule has 0 aliphatic carbocycles. The molecule has 7 heteroatoms. The van der Waals surface area contributed by atoms with Gasteiger partial charge in [0.15, 0.2) is 6.04 Å². The van der Waals surface area contributed by atoms with Gasteiger partial charge in [-0.1, -0.05) is 18.2 Å². The molecule has 1 aromatic rings. The maximum atomic E-state index is 13.5. The first kappa shape index (κ1) is 15.9. The molecule has 1 unspecified atom stereocenters. The van der Waals surface area contributed by atoms with Crippen molar-refractivity contribution < 1.29 is 23.8 Å². The maximum Gasteiger partial charge on any atom is 0.328 e. The van der Waals surface area contributed by atoms with E-state index in [4.69, 9.17) is 9.84 Å². The van der Waals surface area contributed by atoms with Crippen molar-refractivity contribution in [1.29, 1.82) is 0 Å². The number of amides is 2. The van der Waals surface area contributed by atoms with E-state index in [1.807, 2.05) is 0 Å². The predicted molar refractivity (Wildman–Crippen MR) is 69.7 cm³/mol. The van der Waals surface area contributed by atoms with Gasteiger partial charge in [-0.05, 0) is 6.07 Å². The number of carbonyl (C=O) groups excluding carboxylic acids is 1. The Morgan fingerprint density at radius 3 is 2.65 bits per heavy atom. The smallest absolute Gasteiger partial charge is 0.328 e. The highest BCUT2D eigenvalue weighted by Crippen LogP contribution is 2.08. The molecule has 0 spiro atoms. The van der Waals surface area contributed by atoms with Crippen LogP contribution in [0.15, 0.2) is 24.3 Å². The van der Waals surface area contributed by atoms with Crippen LogP contribution in [0.2, 0.25) is 0 Å². The van der Waals surface area contributed by atoms with Crippen LogP contribution in [-0.2, 0) is 16.1 Å². The van der Waals surface area contributed by atoms with Gasteiger partial charge in [0.2, 0.25) is 0 Å². The lowest BCUT2D eigenvalue weighted by molar-refractivity contribution is -0.140. The molecule has 0 saturated carbocycles. The highest BCUT2D eigenvalue weighted by Gasteiger charge is 2.21. The summed E-state index contributed by atoms with van der Waals surface area (Å²) in [5.41, 5.74) is 0.351. The third-order valence-electron chi connectivity index (χ3n) is 2.64. The molecule has 0 saturated heterocycles. The van der Waals surface area contributed by atoms with E-state index >= 15 is 0 Å². The number of urea groups is 1. The van der Waals surface area contributed by atoms with Crippen molar-refractivity contribution in [2.75, 3.05) is 20.8 Å². The summed E-state index contributed by atoms with van der Waals surface area (Å²) in [5, 5.41) is 11.2. The summed E-state index contributed by atoms with van der Waals surface area (Å²) in [6.07, 6.45) is 0. The Bertz CT molecular complexity index is 481. The number of aliphatic carboxylic acids is 1. The number of carboxylic acid groups (broad SMARTS) is 1. The van der Waals surface area contributed by atoms with E-state index in [1.54, 1.807) is 18.2 Å². The Morgan fingerprint density at radius 2 is 2.10 bits per heavy atom. The first-order chi connectivity index (χ1) is 9.45. The van der Waals surface area contributed by atoms with E-state index in [2.05, 4.69) is 5.32 Å². The van der Waals surface area contributed by atoms with Crippen LogP contribution in [0.25, 0.3) is 0 Å². The molecule has 0 aliphatic heterocycles. The molecule has 1 atom stereocenters. The molecular formula is C13H17FN2O4. The molecule has 0 aromatic heterocycles. The van der Waals surface area contributed by atoms with Crippen LogP contribution >= 0.6 is 0 Å². The molecule has 0 heterocycles. The van der Waals surface area contributed by atoms with Crippen molar-refractivity contribution in [3.8, 4) is 0 Å². The lowest BCUT2D eigenvalue weighted by Crippen LogP contribution is -2.48. The number of halogens is 1. The Hall–Kier alpha value is -2.15. The fraction of sp³-hybridized carbons (Fsp3) is 0.385. The average Bonchev–Trinajstić information content (AvgIpc) is 2.40. The van der Waals surface area contributed by atoms with E-state index in [1.165, 1.54) is 25.1 Å². The second kappa shape index (κ2) is 7.44. The van der Waals surface area contributed by atoms with Crippen LogP contribution < -0.4 is 5.32 Å². The molecule has 0 radical (unpaired) electrons. The maximum absolute atomic E-state index is 13.5. The SMILES string of the molecule is COCC(NC(=O)N(C)Cc1ccccc1F)C(=O)O. The van der Waals surface area contributed by atoms with Gasteiger partial charge < -0.3 is 20.1 Å². The summed E-state index contributed by atoms with van der Waals surface area (Å²) in [5.74, 6) is -1.61. The summed E-state index contributed by atoms with van der Waals surface area (Å²) in [6, 6.07) is 4.32. The monoisotopic (exact) mass is 284 g/mol. The molecule has 2 amide bonds.